The van der Waals surface area contributed by atoms with Crippen molar-refractivity contribution in [2.24, 2.45) is 0 Å². The normalized spacial score (nSPS) is 18.5. The minimum absolute atomic E-state index is 0.317. The quantitative estimate of drug-likeness (QED) is 0.221. The van der Waals surface area contributed by atoms with Gasteiger partial charge in [0.2, 0.25) is 0 Å². The number of hydrogen-bond acceptors (Lipinski definition) is 5. The predicted octanol–water partition coefficient (Wildman–Crippen LogP) is 1.45. The van der Waals surface area contributed by atoms with Crippen LogP contribution in [0.5, 0.6) is 0 Å². The molecule has 1 rings (SSSR count). The maximum absolute atomic E-state index is 5.60. The van der Waals surface area contributed by atoms with Crippen LogP contribution in [0.2, 0.25) is 6.04 Å². The van der Waals surface area contributed by atoms with E-state index in [1.54, 1.807) is 0 Å². The molecule has 0 bridgehead atoms. The van der Waals surface area contributed by atoms with Gasteiger partial charge in [0, 0.05) is 19.8 Å². The average Bonchev–Trinajstić information content (AvgIpc) is 3.17. The highest BCUT2D eigenvalue weighted by Crippen LogP contribution is 2.08. The Bertz CT molecular complexity index is 183. The van der Waals surface area contributed by atoms with Crippen LogP contribution in [-0.4, -0.2) is 55.2 Å². The molecule has 0 spiro atoms. The fourth-order valence-electron chi connectivity index (χ4n) is 1.56. The molecule has 1 saturated heterocycles. The molecule has 0 amide bonds. The van der Waals surface area contributed by atoms with E-state index in [-0.39, 0.29) is 0 Å². The third-order valence-corrected chi connectivity index (χ3v) is 4.85. The standard InChI is InChI=1S/C12H26O5Si/c1-3-16-18(17-4-2)8-6-5-7-13-11-14-9-12-10-15-12/h12,18H,3-11H2,1-2H3. The molecule has 0 aromatic rings. The Balaban J connectivity index is 1.80. The van der Waals surface area contributed by atoms with Crippen LogP contribution in [0, 0.1) is 0 Å². The molecule has 1 aliphatic heterocycles. The lowest BCUT2D eigenvalue weighted by Crippen LogP contribution is -2.22. The van der Waals surface area contributed by atoms with Crippen molar-refractivity contribution in [3.8, 4) is 0 Å². The summed E-state index contributed by atoms with van der Waals surface area (Å²) in [6, 6.07) is 1.06. The zero-order chi connectivity index (χ0) is 13.1. The van der Waals surface area contributed by atoms with E-state index in [0.29, 0.717) is 19.5 Å². The zero-order valence-corrected chi connectivity index (χ0v) is 12.7. The number of hydrogen-bond donors (Lipinski definition) is 0. The lowest BCUT2D eigenvalue weighted by molar-refractivity contribution is -0.0582. The third-order valence-electron chi connectivity index (χ3n) is 2.56. The smallest absolute Gasteiger partial charge is 0.321 e. The van der Waals surface area contributed by atoms with E-state index < -0.39 is 9.28 Å². The molecule has 0 aliphatic carbocycles. The van der Waals surface area contributed by atoms with Gasteiger partial charge in [-0.25, -0.2) is 0 Å². The van der Waals surface area contributed by atoms with E-state index in [1.807, 2.05) is 13.8 Å². The summed E-state index contributed by atoms with van der Waals surface area (Å²) in [5.41, 5.74) is 0. The summed E-state index contributed by atoms with van der Waals surface area (Å²) in [4.78, 5) is 0. The van der Waals surface area contributed by atoms with Crippen LogP contribution in [0.3, 0.4) is 0 Å². The molecule has 0 aromatic carbocycles. The van der Waals surface area contributed by atoms with Gasteiger partial charge in [-0.15, -0.1) is 0 Å². The van der Waals surface area contributed by atoms with Gasteiger partial charge in [0.15, 0.2) is 0 Å². The van der Waals surface area contributed by atoms with Crippen LogP contribution in [-0.2, 0) is 23.1 Å². The van der Waals surface area contributed by atoms with Crippen molar-refractivity contribution in [3.05, 3.63) is 0 Å². The van der Waals surface area contributed by atoms with Gasteiger partial charge in [-0.3, -0.25) is 0 Å². The van der Waals surface area contributed by atoms with E-state index >= 15 is 0 Å². The maximum Gasteiger partial charge on any atom is 0.321 e. The molecule has 1 heterocycles. The summed E-state index contributed by atoms with van der Waals surface area (Å²) in [6.45, 7) is 8.15. The van der Waals surface area contributed by atoms with Gasteiger partial charge in [0.1, 0.15) is 12.9 Å². The highest BCUT2D eigenvalue weighted by Gasteiger charge is 2.22. The highest BCUT2D eigenvalue weighted by atomic mass is 28.3. The fraction of sp³-hybridized carbons (Fsp3) is 1.00. The zero-order valence-electron chi connectivity index (χ0n) is 11.6. The van der Waals surface area contributed by atoms with E-state index in [0.717, 1.165) is 45.3 Å². The first-order chi connectivity index (χ1) is 8.86. The second kappa shape index (κ2) is 10.9. The number of rotatable bonds is 13. The van der Waals surface area contributed by atoms with Gasteiger partial charge >= 0.3 is 9.28 Å². The SMILES string of the molecule is CCO[SiH](CCCCOCOCC1CO1)OCC. The fourth-order valence-corrected chi connectivity index (χ4v) is 3.36. The molecule has 5 nitrogen and oxygen atoms in total. The summed E-state index contributed by atoms with van der Waals surface area (Å²) in [5, 5.41) is 0. The minimum Gasteiger partial charge on any atom is -0.397 e. The molecule has 6 heteroatoms. The largest absolute Gasteiger partial charge is 0.397 e. The van der Waals surface area contributed by atoms with Gasteiger partial charge < -0.3 is 23.1 Å². The van der Waals surface area contributed by atoms with Crippen LogP contribution in [0.4, 0.5) is 0 Å². The summed E-state index contributed by atoms with van der Waals surface area (Å²) >= 11 is 0. The monoisotopic (exact) mass is 278 g/mol. The van der Waals surface area contributed by atoms with E-state index in [2.05, 4.69) is 0 Å². The lowest BCUT2D eigenvalue weighted by atomic mass is 10.4. The Kier molecular flexibility index (Phi) is 9.73. The van der Waals surface area contributed by atoms with E-state index in [9.17, 15) is 0 Å². The topological polar surface area (TPSA) is 49.5 Å². The Morgan fingerprint density at radius 3 is 2.44 bits per heavy atom. The third kappa shape index (κ3) is 9.01. The molecule has 0 radical (unpaired) electrons. The molecule has 1 atom stereocenters. The van der Waals surface area contributed by atoms with Crippen molar-refractivity contribution >= 4 is 9.28 Å². The second-order valence-electron chi connectivity index (χ2n) is 4.19. The maximum atomic E-state index is 5.60. The Morgan fingerprint density at radius 2 is 1.83 bits per heavy atom. The van der Waals surface area contributed by atoms with E-state index in [1.165, 1.54) is 0 Å². The van der Waals surface area contributed by atoms with Crippen molar-refractivity contribution < 1.29 is 23.1 Å². The highest BCUT2D eigenvalue weighted by molar-refractivity contribution is 6.44. The number of ether oxygens (including phenoxy) is 3. The predicted molar refractivity (Wildman–Crippen MR) is 71.0 cm³/mol. The number of epoxide rings is 1. The Morgan fingerprint density at radius 1 is 1.11 bits per heavy atom. The van der Waals surface area contributed by atoms with Crippen molar-refractivity contribution in [3.63, 3.8) is 0 Å². The molecule has 1 aliphatic rings. The molecule has 0 N–H and O–H groups in total. The van der Waals surface area contributed by atoms with Crippen molar-refractivity contribution in [1.82, 2.24) is 0 Å². The summed E-state index contributed by atoms with van der Waals surface area (Å²) in [7, 11) is -1.41. The van der Waals surface area contributed by atoms with Crippen molar-refractivity contribution in [1.29, 1.82) is 0 Å². The first-order valence-electron chi connectivity index (χ1n) is 6.87. The van der Waals surface area contributed by atoms with Crippen LogP contribution in [0.25, 0.3) is 0 Å². The summed E-state index contributed by atoms with van der Waals surface area (Å²) < 4.78 is 26.9. The first-order valence-corrected chi connectivity index (χ1v) is 8.63. The summed E-state index contributed by atoms with van der Waals surface area (Å²) in [6.07, 6.45) is 2.45. The first kappa shape index (κ1) is 16.1. The van der Waals surface area contributed by atoms with Crippen LogP contribution in [0.1, 0.15) is 26.7 Å². The van der Waals surface area contributed by atoms with Gasteiger partial charge in [-0.2, -0.15) is 0 Å². The van der Waals surface area contributed by atoms with Crippen molar-refractivity contribution in [2.75, 3.05) is 39.8 Å². The van der Waals surface area contributed by atoms with Gasteiger partial charge in [-0.05, 0) is 32.7 Å². The molecule has 18 heavy (non-hydrogen) atoms. The van der Waals surface area contributed by atoms with Gasteiger partial charge in [0.25, 0.3) is 0 Å². The Hall–Kier alpha value is 0.0169. The van der Waals surface area contributed by atoms with Crippen LogP contribution >= 0.6 is 0 Å². The lowest BCUT2D eigenvalue weighted by Gasteiger charge is -2.14. The van der Waals surface area contributed by atoms with Gasteiger partial charge in [-0.1, -0.05) is 0 Å². The minimum atomic E-state index is -1.41. The molecule has 0 aromatic heterocycles. The molecule has 1 unspecified atom stereocenters. The van der Waals surface area contributed by atoms with Crippen molar-refractivity contribution in [2.45, 2.75) is 38.8 Å². The molecular formula is C12H26O5Si. The molecule has 0 saturated carbocycles. The number of unbranched alkanes of at least 4 members (excludes halogenated alkanes) is 1. The second-order valence-corrected chi connectivity index (χ2v) is 6.29. The molecule has 108 valence electrons. The summed E-state index contributed by atoms with van der Waals surface area (Å²) in [5.74, 6) is 0. The van der Waals surface area contributed by atoms with Crippen LogP contribution in [0.15, 0.2) is 0 Å². The van der Waals surface area contributed by atoms with E-state index in [4.69, 9.17) is 23.1 Å². The molecule has 1 fully saturated rings. The molecular weight excluding hydrogens is 252 g/mol. The van der Waals surface area contributed by atoms with Gasteiger partial charge in [0.05, 0.1) is 13.2 Å². The average molecular weight is 278 g/mol. The van der Waals surface area contributed by atoms with Crippen LogP contribution < -0.4 is 0 Å². The Labute approximate surface area is 112 Å².